The Balaban J connectivity index is 1.60. The molecule has 0 spiro atoms. The Morgan fingerprint density at radius 2 is 2.08 bits per heavy atom. The number of fused-ring (bicyclic) bond motifs is 2. The van der Waals surface area contributed by atoms with Crippen molar-refractivity contribution in [3.63, 3.8) is 0 Å². The van der Waals surface area contributed by atoms with Crippen LogP contribution in [0.1, 0.15) is 30.3 Å². The fourth-order valence-corrected chi connectivity index (χ4v) is 4.53. The zero-order chi connectivity index (χ0) is 16.6. The van der Waals surface area contributed by atoms with Crippen LogP contribution >= 0.6 is 0 Å². The second-order valence-corrected chi connectivity index (χ2v) is 7.66. The van der Waals surface area contributed by atoms with Gasteiger partial charge in [0.05, 0.1) is 17.3 Å². The molecule has 0 aliphatic carbocycles. The molecule has 4 rings (SSSR count). The van der Waals surface area contributed by atoms with Gasteiger partial charge in [-0.1, -0.05) is 24.3 Å². The van der Waals surface area contributed by atoms with E-state index in [-0.39, 0.29) is 11.8 Å². The first-order valence-corrected chi connectivity index (χ1v) is 9.48. The maximum Gasteiger partial charge on any atom is 0.216 e. The summed E-state index contributed by atoms with van der Waals surface area (Å²) in [6.07, 6.45) is 4.75. The molecule has 3 heterocycles. The SMILES string of the molecule is O=S(=O)(Cc1cccc2cccnc12)N[C@H]1CCCn2ncnc21. The number of nitrogens with one attached hydrogen (secondary N) is 1. The quantitative estimate of drug-likeness (QED) is 0.780. The largest absolute Gasteiger partial charge is 0.256 e. The van der Waals surface area contributed by atoms with E-state index in [4.69, 9.17) is 0 Å². The van der Waals surface area contributed by atoms with Gasteiger partial charge in [0.1, 0.15) is 12.2 Å². The van der Waals surface area contributed by atoms with E-state index in [2.05, 4.69) is 19.8 Å². The molecule has 1 aliphatic heterocycles. The van der Waals surface area contributed by atoms with Gasteiger partial charge in [0, 0.05) is 18.1 Å². The first kappa shape index (κ1) is 15.2. The Morgan fingerprint density at radius 1 is 1.21 bits per heavy atom. The molecular weight excluding hydrogens is 326 g/mol. The molecule has 8 heteroatoms. The lowest BCUT2D eigenvalue weighted by atomic mass is 10.1. The Hall–Kier alpha value is -2.32. The summed E-state index contributed by atoms with van der Waals surface area (Å²) >= 11 is 0. The number of aromatic nitrogens is 4. The minimum absolute atomic E-state index is 0.105. The van der Waals surface area contributed by atoms with Crippen molar-refractivity contribution in [1.82, 2.24) is 24.5 Å². The summed E-state index contributed by atoms with van der Waals surface area (Å²) in [4.78, 5) is 8.51. The zero-order valence-corrected chi connectivity index (χ0v) is 13.8. The third-order valence-electron chi connectivity index (χ3n) is 4.20. The average molecular weight is 343 g/mol. The standard InChI is InChI=1S/C16H17N5O2S/c22-24(23,20-14-7-3-9-21-16(14)18-11-19-21)10-13-5-1-4-12-6-2-8-17-15(12)13/h1-2,4-6,8,11,14,20H,3,7,9-10H2/t14-/m0/s1. The van der Waals surface area contributed by atoms with Crippen LogP contribution in [0.5, 0.6) is 0 Å². The Morgan fingerprint density at radius 3 is 3.00 bits per heavy atom. The molecule has 24 heavy (non-hydrogen) atoms. The van der Waals surface area contributed by atoms with E-state index in [0.717, 1.165) is 30.3 Å². The van der Waals surface area contributed by atoms with Gasteiger partial charge in [0.2, 0.25) is 10.0 Å². The Kier molecular flexibility index (Phi) is 3.78. The average Bonchev–Trinajstić information content (AvgIpc) is 3.04. The molecule has 0 amide bonds. The minimum Gasteiger partial charge on any atom is -0.256 e. The highest BCUT2D eigenvalue weighted by Crippen LogP contribution is 2.24. The van der Waals surface area contributed by atoms with E-state index in [0.29, 0.717) is 11.4 Å². The highest BCUT2D eigenvalue weighted by Gasteiger charge is 2.27. The molecule has 1 atom stereocenters. The summed E-state index contributed by atoms with van der Waals surface area (Å²) in [6.45, 7) is 0.779. The van der Waals surface area contributed by atoms with Crippen LogP contribution in [0.15, 0.2) is 42.9 Å². The predicted molar refractivity (Wildman–Crippen MR) is 89.5 cm³/mol. The van der Waals surface area contributed by atoms with Gasteiger partial charge in [0.15, 0.2) is 0 Å². The number of rotatable bonds is 4. The molecule has 0 radical (unpaired) electrons. The lowest BCUT2D eigenvalue weighted by Gasteiger charge is -2.23. The Labute approximate surface area is 139 Å². The van der Waals surface area contributed by atoms with Crippen molar-refractivity contribution in [2.45, 2.75) is 31.2 Å². The van der Waals surface area contributed by atoms with Crippen molar-refractivity contribution in [1.29, 1.82) is 0 Å². The van der Waals surface area contributed by atoms with Gasteiger partial charge >= 0.3 is 0 Å². The highest BCUT2D eigenvalue weighted by atomic mass is 32.2. The molecule has 0 bridgehead atoms. The normalized spacial score (nSPS) is 17.8. The van der Waals surface area contributed by atoms with Crippen molar-refractivity contribution in [2.75, 3.05) is 0 Å². The summed E-state index contributed by atoms with van der Waals surface area (Å²) in [5, 5.41) is 5.06. The molecule has 0 unspecified atom stereocenters. The Bertz CT molecular complexity index is 978. The molecule has 7 nitrogen and oxygen atoms in total. The molecule has 0 saturated carbocycles. The number of pyridine rings is 1. The number of aryl methyl sites for hydroxylation is 1. The van der Waals surface area contributed by atoms with E-state index < -0.39 is 10.0 Å². The maximum absolute atomic E-state index is 12.6. The lowest BCUT2D eigenvalue weighted by Crippen LogP contribution is -2.34. The number of benzene rings is 1. The summed E-state index contributed by atoms with van der Waals surface area (Å²) in [5.74, 6) is 0.576. The molecule has 1 N–H and O–H groups in total. The van der Waals surface area contributed by atoms with Crippen LogP contribution in [-0.4, -0.2) is 28.2 Å². The summed E-state index contributed by atoms with van der Waals surface area (Å²) in [5.41, 5.74) is 1.41. The van der Waals surface area contributed by atoms with Crippen LogP contribution < -0.4 is 4.72 Å². The minimum atomic E-state index is -3.52. The van der Waals surface area contributed by atoms with Gasteiger partial charge in [-0.25, -0.2) is 22.8 Å². The van der Waals surface area contributed by atoms with Gasteiger partial charge in [-0.15, -0.1) is 0 Å². The van der Waals surface area contributed by atoms with Gasteiger partial charge in [-0.05, 0) is 24.5 Å². The van der Waals surface area contributed by atoms with E-state index in [1.54, 1.807) is 16.9 Å². The highest BCUT2D eigenvalue weighted by molar-refractivity contribution is 7.88. The van der Waals surface area contributed by atoms with Gasteiger partial charge in [-0.2, -0.15) is 5.10 Å². The van der Waals surface area contributed by atoms with Crippen LogP contribution in [-0.2, 0) is 22.3 Å². The van der Waals surface area contributed by atoms with Crippen molar-refractivity contribution in [2.24, 2.45) is 0 Å². The van der Waals surface area contributed by atoms with Gasteiger partial charge in [0.25, 0.3) is 0 Å². The molecule has 3 aromatic rings. The van der Waals surface area contributed by atoms with Crippen molar-refractivity contribution in [3.8, 4) is 0 Å². The van der Waals surface area contributed by atoms with E-state index in [1.807, 2.05) is 24.3 Å². The van der Waals surface area contributed by atoms with Crippen LogP contribution in [0.3, 0.4) is 0 Å². The second-order valence-electron chi connectivity index (χ2n) is 5.91. The molecule has 1 aromatic carbocycles. The number of nitrogens with zero attached hydrogens (tertiary/aromatic N) is 4. The first-order chi connectivity index (χ1) is 11.6. The number of hydrogen-bond acceptors (Lipinski definition) is 5. The molecule has 1 aliphatic rings. The van der Waals surface area contributed by atoms with E-state index in [1.165, 1.54) is 6.33 Å². The van der Waals surface area contributed by atoms with Crippen LogP contribution in [0.25, 0.3) is 10.9 Å². The van der Waals surface area contributed by atoms with Gasteiger partial charge in [-0.3, -0.25) is 4.98 Å². The summed E-state index contributed by atoms with van der Waals surface area (Å²) in [7, 11) is -3.52. The molecule has 124 valence electrons. The van der Waals surface area contributed by atoms with Gasteiger partial charge < -0.3 is 0 Å². The maximum atomic E-state index is 12.6. The summed E-state index contributed by atoms with van der Waals surface area (Å²) in [6, 6.07) is 9.03. The van der Waals surface area contributed by atoms with Crippen molar-refractivity contribution < 1.29 is 8.42 Å². The van der Waals surface area contributed by atoms with Crippen molar-refractivity contribution >= 4 is 20.9 Å². The monoisotopic (exact) mass is 343 g/mol. The first-order valence-electron chi connectivity index (χ1n) is 7.83. The van der Waals surface area contributed by atoms with Crippen LogP contribution in [0.4, 0.5) is 0 Å². The third-order valence-corrected chi connectivity index (χ3v) is 5.54. The number of para-hydroxylation sites is 1. The number of hydrogen-bond donors (Lipinski definition) is 1. The summed E-state index contributed by atoms with van der Waals surface area (Å²) < 4.78 is 29.8. The smallest absolute Gasteiger partial charge is 0.216 e. The second kappa shape index (κ2) is 5.95. The molecular formula is C16H17N5O2S. The molecule has 2 aromatic heterocycles. The van der Waals surface area contributed by atoms with Crippen molar-refractivity contribution in [3.05, 3.63) is 54.2 Å². The predicted octanol–water partition coefficient (Wildman–Crippen LogP) is 1.78. The van der Waals surface area contributed by atoms with Crippen LogP contribution in [0, 0.1) is 0 Å². The zero-order valence-electron chi connectivity index (χ0n) is 13.0. The van der Waals surface area contributed by atoms with E-state index in [9.17, 15) is 8.42 Å². The molecule has 0 fully saturated rings. The number of sulfonamides is 1. The van der Waals surface area contributed by atoms with Crippen LogP contribution in [0.2, 0.25) is 0 Å². The molecule has 0 saturated heterocycles. The fourth-order valence-electron chi connectivity index (χ4n) is 3.15. The third kappa shape index (κ3) is 2.90. The van der Waals surface area contributed by atoms with E-state index >= 15 is 0 Å². The topological polar surface area (TPSA) is 89.8 Å². The fraction of sp³-hybridized carbons (Fsp3) is 0.312. The lowest BCUT2D eigenvalue weighted by molar-refractivity contribution is 0.400.